The summed E-state index contributed by atoms with van der Waals surface area (Å²) in [5, 5.41) is 22.0. The van der Waals surface area contributed by atoms with Crippen LogP contribution in [0.3, 0.4) is 0 Å². The van der Waals surface area contributed by atoms with Gasteiger partial charge in [0.15, 0.2) is 11.3 Å². The number of hydrogen-bond acceptors (Lipinski definition) is 5. The maximum Gasteiger partial charge on any atom is 0.354 e. The lowest BCUT2D eigenvalue weighted by molar-refractivity contribution is 0.0687. The van der Waals surface area contributed by atoms with Gasteiger partial charge in [-0.05, 0) is 6.07 Å². The maximum atomic E-state index is 11.0. The van der Waals surface area contributed by atoms with Crippen LogP contribution in [0.4, 0.5) is 0 Å². The van der Waals surface area contributed by atoms with Crippen molar-refractivity contribution in [2.24, 2.45) is 0 Å². The van der Waals surface area contributed by atoms with Crippen molar-refractivity contribution in [3.8, 4) is 6.07 Å². The topological polar surface area (TPSA) is 101 Å². The third kappa shape index (κ3) is 1.70. The van der Waals surface area contributed by atoms with Gasteiger partial charge >= 0.3 is 5.97 Å². The molecule has 0 saturated carbocycles. The Morgan fingerprint density at radius 3 is 3.06 bits per heavy atom. The first kappa shape index (κ1) is 11.0. The Morgan fingerprint density at radius 2 is 2.47 bits per heavy atom. The minimum Gasteiger partial charge on any atom is -0.477 e. The molecule has 2 rings (SSSR count). The van der Waals surface area contributed by atoms with Crippen molar-refractivity contribution in [2.45, 2.75) is 6.61 Å². The van der Waals surface area contributed by atoms with E-state index in [1.165, 1.54) is 19.4 Å². The molecule has 0 atom stereocenters. The van der Waals surface area contributed by atoms with Crippen LogP contribution < -0.4 is 0 Å². The van der Waals surface area contributed by atoms with Crippen molar-refractivity contribution < 1.29 is 14.6 Å². The van der Waals surface area contributed by atoms with E-state index < -0.39 is 5.97 Å². The van der Waals surface area contributed by atoms with Crippen molar-refractivity contribution >= 4 is 11.6 Å². The first-order valence-corrected chi connectivity index (χ1v) is 4.68. The molecule has 17 heavy (non-hydrogen) atoms. The fraction of sp³-hybridized carbons (Fsp3) is 0.200. The number of aromatic carboxylic acids is 1. The number of carboxylic acid groups (broad SMARTS) is 1. The fourth-order valence-electron chi connectivity index (χ4n) is 1.50. The molecule has 0 saturated heterocycles. The summed E-state index contributed by atoms with van der Waals surface area (Å²) in [5.74, 6) is -1.13. The number of nitriles is 1. The minimum absolute atomic E-state index is 0.0474. The summed E-state index contributed by atoms with van der Waals surface area (Å²) in [7, 11) is 1.47. The van der Waals surface area contributed by atoms with Crippen LogP contribution in [0, 0.1) is 11.3 Å². The van der Waals surface area contributed by atoms with E-state index in [4.69, 9.17) is 15.1 Å². The van der Waals surface area contributed by atoms with Gasteiger partial charge in [-0.2, -0.15) is 10.4 Å². The van der Waals surface area contributed by atoms with E-state index >= 15 is 0 Å². The summed E-state index contributed by atoms with van der Waals surface area (Å²) in [6.45, 7) is 0.130. The van der Waals surface area contributed by atoms with E-state index in [0.717, 1.165) is 4.52 Å². The molecule has 0 spiro atoms. The molecule has 1 N–H and O–H groups in total. The molecule has 7 nitrogen and oxygen atoms in total. The number of aromatic nitrogens is 3. The Kier molecular flexibility index (Phi) is 2.72. The fourth-order valence-corrected chi connectivity index (χ4v) is 1.50. The van der Waals surface area contributed by atoms with Gasteiger partial charge < -0.3 is 9.84 Å². The molecule has 2 aromatic heterocycles. The molecule has 0 aliphatic heterocycles. The number of ether oxygens (including phenoxy) is 1. The number of nitrogens with zero attached hydrogens (tertiary/aromatic N) is 4. The number of carboxylic acids is 1. The molecule has 0 aliphatic rings. The van der Waals surface area contributed by atoms with E-state index in [9.17, 15) is 4.79 Å². The molecule has 0 aliphatic carbocycles. The normalized spacial score (nSPS) is 10.4. The summed E-state index contributed by atoms with van der Waals surface area (Å²) >= 11 is 0. The lowest BCUT2D eigenvalue weighted by Gasteiger charge is -1.97. The first-order chi connectivity index (χ1) is 8.19. The van der Waals surface area contributed by atoms with Gasteiger partial charge in [0.25, 0.3) is 0 Å². The molecule has 0 radical (unpaired) electrons. The smallest absolute Gasteiger partial charge is 0.354 e. The summed E-state index contributed by atoms with van der Waals surface area (Å²) in [6, 6.07) is 3.27. The zero-order chi connectivity index (χ0) is 12.4. The van der Waals surface area contributed by atoms with Crippen molar-refractivity contribution in [3.05, 3.63) is 29.2 Å². The average molecular weight is 232 g/mol. The SMILES string of the molecule is COCc1nn2c(C(=O)O)ccnc2c1C#N. The van der Waals surface area contributed by atoms with E-state index in [-0.39, 0.29) is 23.5 Å². The molecule has 86 valence electrons. The van der Waals surface area contributed by atoms with Gasteiger partial charge in [0.1, 0.15) is 17.3 Å². The summed E-state index contributed by atoms with van der Waals surface area (Å²) < 4.78 is 6.03. The molecule has 0 bridgehead atoms. The van der Waals surface area contributed by atoms with Gasteiger partial charge in [-0.15, -0.1) is 0 Å². The Bertz CT molecular complexity index is 626. The molecule has 0 fully saturated rings. The van der Waals surface area contributed by atoms with Gasteiger partial charge in [-0.25, -0.2) is 14.3 Å². The largest absolute Gasteiger partial charge is 0.477 e. The number of fused-ring (bicyclic) bond motifs is 1. The lowest BCUT2D eigenvalue weighted by Crippen LogP contribution is -2.07. The Hall–Kier alpha value is -2.46. The van der Waals surface area contributed by atoms with Gasteiger partial charge in [-0.3, -0.25) is 0 Å². The number of rotatable bonds is 3. The second kappa shape index (κ2) is 4.19. The van der Waals surface area contributed by atoms with Crippen LogP contribution >= 0.6 is 0 Å². The zero-order valence-electron chi connectivity index (χ0n) is 8.91. The molecule has 0 unspecified atom stereocenters. The highest BCUT2D eigenvalue weighted by Crippen LogP contribution is 2.15. The predicted molar refractivity (Wildman–Crippen MR) is 55.4 cm³/mol. The van der Waals surface area contributed by atoms with Crippen LogP contribution in [0.15, 0.2) is 12.3 Å². The Labute approximate surface area is 95.9 Å². The van der Waals surface area contributed by atoms with E-state index in [1.807, 2.05) is 6.07 Å². The van der Waals surface area contributed by atoms with E-state index in [0.29, 0.717) is 5.69 Å². The number of methoxy groups -OCH3 is 1. The van der Waals surface area contributed by atoms with Crippen LogP contribution in [-0.2, 0) is 11.3 Å². The Balaban J connectivity index is 2.77. The summed E-state index contributed by atoms with van der Waals surface area (Å²) in [6.07, 6.45) is 1.33. The second-order valence-corrected chi connectivity index (χ2v) is 3.24. The van der Waals surface area contributed by atoms with Gasteiger partial charge in [0.05, 0.1) is 6.61 Å². The molecule has 0 amide bonds. The Morgan fingerprint density at radius 1 is 1.71 bits per heavy atom. The van der Waals surface area contributed by atoms with E-state index in [2.05, 4.69) is 10.1 Å². The highest BCUT2D eigenvalue weighted by Gasteiger charge is 2.17. The van der Waals surface area contributed by atoms with Crippen LogP contribution in [0.2, 0.25) is 0 Å². The van der Waals surface area contributed by atoms with Crippen LogP contribution in [0.25, 0.3) is 5.65 Å². The minimum atomic E-state index is -1.13. The van der Waals surface area contributed by atoms with Gasteiger partial charge in [-0.1, -0.05) is 0 Å². The molecule has 2 aromatic rings. The van der Waals surface area contributed by atoms with Crippen molar-refractivity contribution in [1.82, 2.24) is 14.6 Å². The standard InChI is InChI=1S/C10H8N4O3/c1-17-5-7-6(4-11)9-12-3-2-8(10(15)16)14(9)13-7/h2-3H,5H2,1H3,(H,15,16). The van der Waals surface area contributed by atoms with Gasteiger partial charge in [0.2, 0.25) is 0 Å². The molecular weight excluding hydrogens is 224 g/mol. The molecule has 0 aromatic carbocycles. The van der Waals surface area contributed by atoms with E-state index in [1.54, 1.807) is 0 Å². The highest BCUT2D eigenvalue weighted by molar-refractivity contribution is 5.86. The van der Waals surface area contributed by atoms with Crippen LogP contribution in [0.1, 0.15) is 21.7 Å². The second-order valence-electron chi connectivity index (χ2n) is 3.24. The number of hydrogen-bond donors (Lipinski definition) is 1. The molecule has 2 heterocycles. The summed E-state index contributed by atoms with van der Waals surface area (Å²) in [4.78, 5) is 14.9. The first-order valence-electron chi connectivity index (χ1n) is 4.68. The average Bonchev–Trinajstić information content (AvgIpc) is 2.66. The molecule has 7 heteroatoms. The van der Waals surface area contributed by atoms with Crippen LogP contribution in [-0.4, -0.2) is 32.8 Å². The van der Waals surface area contributed by atoms with Crippen LogP contribution in [0.5, 0.6) is 0 Å². The third-order valence-electron chi connectivity index (χ3n) is 2.20. The highest BCUT2D eigenvalue weighted by atomic mass is 16.5. The van der Waals surface area contributed by atoms with Crippen molar-refractivity contribution in [3.63, 3.8) is 0 Å². The summed E-state index contributed by atoms with van der Waals surface area (Å²) in [5.41, 5.74) is 0.777. The van der Waals surface area contributed by atoms with Gasteiger partial charge in [0, 0.05) is 13.3 Å². The lowest BCUT2D eigenvalue weighted by atomic mass is 10.2. The zero-order valence-corrected chi connectivity index (χ0v) is 8.91. The number of carbonyl (C=O) groups is 1. The maximum absolute atomic E-state index is 11.0. The quantitative estimate of drug-likeness (QED) is 0.824. The van der Waals surface area contributed by atoms with Crippen molar-refractivity contribution in [1.29, 1.82) is 5.26 Å². The molecular formula is C10H8N4O3. The monoisotopic (exact) mass is 232 g/mol. The van der Waals surface area contributed by atoms with Crippen molar-refractivity contribution in [2.75, 3.05) is 7.11 Å². The predicted octanol–water partition coefficient (Wildman–Crippen LogP) is 0.446. The third-order valence-corrected chi connectivity index (χ3v) is 2.20.